The van der Waals surface area contributed by atoms with Gasteiger partial charge >= 0.3 is 0 Å². The first-order valence-corrected chi connectivity index (χ1v) is 10.1. The molecule has 2 heterocycles. The van der Waals surface area contributed by atoms with Crippen molar-refractivity contribution in [2.75, 3.05) is 0 Å². The summed E-state index contributed by atoms with van der Waals surface area (Å²) >= 11 is 6.10. The van der Waals surface area contributed by atoms with E-state index in [1.807, 2.05) is 49.4 Å². The van der Waals surface area contributed by atoms with Crippen molar-refractivity contribution < 1.29 is 13.5 Å². The summed E-state index contributed by atoms with van der Waals surface area (Å²) in [5, 5.41) is 9.63. The molecule has 0 aliphatic rings. The number of benzene rings is 3. The molecule has 5 nitrogen and oxygen atoms in total. The minimum Gasteiger partial charge on any atom is -0.457 e. The van der Waals surface area contributed by atoms with Crippen LogP contribution in [0.5, 0.6) is 11.5 Å². The molecule has 0 aliphatic carbocycles. The lowest BCUT2D eigenvalue weighted by atomic mass is 10.1. The Hall–Kier alpha value is -3.84. The Labute approximate surface area is 186 Å². The normalized spacial score (nSPS) is 11.1. The van der Waals surface area contributed by atoms with E-state index < -0.39 is 11.6 Å². The fourth-order valence-electron chi connectivity index (χ4n) is 3.30. The molecular weight excluding hydrogens is 434 g/mol. The summed E-state index contributed by atoms with van der Waals surface area (Å²) in [6.45, 7) is 1.92. The minimum atomic E-state index is -0.952. The Bertz CT molecular complexity index is 1470. The monoisotopic (exact) mass is 448 g/mol. The fourth-order valence-corrected chi connectivity index (χ4v) is 3.42. The van der Waals surface area contributed by atoms with E-state index in [0.717, 1.165) is 23.1 Å². The first-order valence-electron chi connectivity index (χ1n) is 9.70. The average Bonchev–Trinajstić information content (AvgIpc) is 3.28. The number of nitrogens with zero attached hydrogens (tertiary/aromatic N) is 4. The second-order valence-corrected chi connectivity index (χ2v) is 7.59. The highest BCUT2D eigenvalue weighted by molar-refractivity contribution is 6.31. The van der Waals surface area contributed by atoms with Crippen LogP contribution in [-0.2, 0) is 0 Å². The van der Waals surface area contributed by atoms with Gasteiger partial charge in [0.15, 0.2) is 11.6 Å². The van der Waals surface area contributed by atoms with Gasteiger partial charge in [-0.25, -0.2) is 18.4 Å². The molecule has 0 spiro atoms. The molecule has 0 unspecified atom stereocenters. The van der Waals surface area contributed by atoms with E-state index in [1.54, 1.807) is 12.3 Å². The van der Waals surface area contributed by atoms with Crippen LogP contribution in [-0.4, -0.2) is 20.0 Å². The van der Waals surface area contributed by atoms with E-state index >= 15 is 0 Å². The molecule has 0 bridgehead atoms. The lowest BCUT2D eigenvalue weighted by Gasteiger charge is -2.10. The summed E-state index contributed by atoms with van der Waals surface area (Å²) in [5.41, 5.74) is 3.08. The molecule has 8 heteroatoms. The zero-order valence-electron chi connectivity index (χ0n) is 16.8. The van der Waals surface area contributed by atoms with Crippen LogP contribution >= 0.6 is 11.6 Å². The molecule has 0 saturated heterocycles. The molecule has 0 saturated carbocycles. The van der Waals surface area contributed by atoms with Crippen molar-refractivity contribution >= 4 is 22.5 Å². The quantitative estimate of drug-likeness (QED) is 0.314. The number of rotatable bonds is 4. The van der Waals surface area contributed by atoms with Gasteiger partial charge in [0, 0.05) is 16.5 Å². The number of hydrogen-bond acceptors (Lipinski definition) is 4. The van der Waals surface area contributed by atoms with E-state index in [1.165, 1.54) is 10.7 Å². The third-order valence-corrected chi connectivity index (χ3v) is 5.40. The highest BCUT2D eigenvalue weighted by Gasteiger charge is 2.12. The van der Waals surface area contributed by atoms with Crippen LogP contribution < -0.4 is 4.74 Å². The molecule has 0 aliphatic heterocycles. The van der Waals surface area contributed by atoms with Gasteiger partial charge in [-0.2, -0.15) is 0 Å². The van der Waals surface area contributed by atoms with Gasteiger partial charge in [-0.1, -0.05) is 22.9 Å². The van der Waals surface area contributed by atoms with Crippen LogP contribution in [0, 0.1) is 18.6 Å². The smallest absolute Gasteiger partial charge is 0.160 e. The molecule has 0 fully saturated rings. The van der Waals surface area contributed by atoms with Crippen molar-refractivity contribution in [3.63, 3.8) is 0 Å². The summed E-state index contributed by atoms with van der Waals surface area (Å²) in [6.07, 6.45) is 1.61. The lowest BCUT2D eigenvalue weighted by molar-refractivity contribution is 0.488. The lowest BCUT2D eigenvalue weighted by Crippen LogP contribution is -1.96. The molecular formula is C24H15ClF2N4O. The van der Waals surface area contributed by atoms with Crippen molar-refractivity contribution in [2.24, 2.45) is 0 Å². The summed E-state index contributed by atoms with van der Waals surface area (Å²) in [5.74, 6) is -0.532. The Morgan fingerprint density at radius 1 is 0.906 bits per heavy atom. The third kappa shape index (κ3) is 3.78. The second kappa shape index (κ2) is 8.01. The van der Waals surface area contributed by atoms with Crippen molar-refractivity contribution in [3.05, 3.63) is 95.1 Å². The topological polar surface area (TPSA) is 52.8 Å². The summed E-state index contributed by atoms with van der Waals surface area (Å²) < 4.78 is 34.2. The molecule has 32 heavy (non-hydrogen) atoms. The van der Waals surface area contributed by atoms with Gasteiger partial charge in [-0.05, 0) is 67.1 Å². The highest BCUT2D eigenvalue weighted by atomic mass is 35.5. The maximum absolute atomic E-state index is 13.5. The Balaban J connectivity index is 1.47. The Kier molecular flexibility index (Phi) is 5.03. The van der Waals surface area contributed by atoms with Crippen molar-refractivity contribution in [1.82, 2.24) is 20.0 Å². The van der Waals surface area contributed by atoms with Crippen molar-refractivity contribution in [2.45, 2.75) is 6.92 Å². The van der Waals surface area contributed by atoms with Gasteiger partial charge in [-0.3, -0.25) is 0 Å². The van der Waals surface area contributed by atoms with Crippen LogP contribution in [0.2, 0.25) is 5.02 Å². The molecule has 0 atom stereocenters. The molecule has 3 aromatic carbocycles. The van der Waals surface area contributed by atoms with E-state index in [0.29, 0.717) is 39.1 Å². The van der Waals surface area contributed by atoms with Gasteiger partial charge in [-0.15, -0.1) is 5.10 Å². The zero-order valence-corrected chi connectivity index (χ0v) is 17.5. The number of ether oxygens (including phenoxy) is 1. The summed E-state index contributed by atoms with van der Waals surface area (Å²) in [4.78, 5) is 4.67. The van der Waals surface area contributed by atoms with E-state index in [9.17, 15) is 8.78 Å². The Morgan fingerprint density at radius 3 is 2.59 bits per heavy atom. The van der Waals surface area contributed by atoms with Gasteiger partial charge in [0.1, 0.15) is 17.2 Å². The Morgan fingerprint density at radius 2 is 1.78 bits per heavy atom. The van der Waals surface area contributed by atoms with E-state index in [-0.39, 0.29) is 0 Å². The largest absolute Gasteiger partial charge is 0.457 e. The van der Waals surface area contributed by atoms with Crippen LogP contribution in [0.1, 0.15) is 5.56 Å². The van der Waals surface area contributed by atoms with Gasteiger partial charge in [0.05, 0.1) is 23.1 Å². The van der Waals surface area contributed by atoms with Gasteiger partial charge in [0.25, 0.3) is 0 Å². The molecule has 158 valence electrons. The van der Waals surface area contributed by atoms with Crippen LogP contribution in [0.25, 0.3) is 28.0 Å². The van der Waals surface area contributed by atoms with E-state index in [2.05, 4.69) is 15.3 Å². The summed E-state index contributed by atoms with van der Waals surface area (Å²) in [6, 6.07) is 18.3. The third-order valence-electron chi connectivity index (χ3n) is 4.97. The van der Waals surface area contributed by atoms with Crippen LogP contribution in [0.4, 0.5) is 8.78 Å². The van der Waals surface area contributed by atoms with Gasteiger partial charge < -0.3 is 4.74 Å². The van der Waals surface area contributed by atoms with Crippen molar-refractivity contribution in [1.29, 1.82) is 0 Å². The number of pyridine rings is 1. The number of aromatic nitrogens is 4. The van der Waals surface area contributed by atoms with Gasteiger partial charge in [0.2, 0.25) is 0 Å². The standard InChI is InChI=1S/C24H15ClF2N4O/c1-14-11-16(6-8-18(14)25)32-24-4-2-3-21-17(24)7-10-22(28-21)23-13-31(30-29-23)15-5-9-19(26)20(27)12-15/h2-13H,1H3. The van der Waals surface area contributed by atoms with Crippen LogP contribution in [0.3, 0.4) is 0 Å². The fraction of sp³-hybridized carbons (Fsp3) is 0.0417. The van der Waals surface area contributed by atoms with E-state index in [4.69, 9.17) is 16.3 Å². The molecule has 0 N–H and O–H groups in total. The molecule has 5 aromatic rings. The van der Waals surface area contributed by atoms with Crippen LogP contribution in [0.15, 0.2) is 72.9 Å². The average molecular weight is 449 g/mol. The first-order chi connectivity index (χ1) is 15.5. The minimum absolute atomic E-state index is 0.359. The maximum Gasteiger partial charge on any atom is 0.160 e. The number of hydrogen-bond donors (Lipinski definition) is 0. The first kappa shape index (κ1) is 20.1. The number of halogens is 3. The predicted molar refractivity (Wildman–Crippen MR) is 118 cm³/mol. The van der Waals surface area contributed by atoms with Crippen molar-refractivity contribution in [3.8, 4) is 28.6 Å². The molecule has 5 rings (SSSR count). The molecule has 0 radical (unpaired) electrons. The SMILES string of the molecule is Cc1cc(Oc2cccc3nc(-c4cn(-c5ccc(F)c(F)c5)nn4)ccc23)ccc1Cl. The number of fused-ring (bicyclic) bond motifs is 1. The highest BCUT2D eigenvalue weighted by Crippen LogP contribution is 2.32. The molecule has 2 aromatic heterocycles. The maximum atomic E-state index is 13.5. The summed E-state index contributed by atoms with van der Waals surface area (Å²) in [7, 11) is 0. The number of aryl methyl sites for hydroxylation is 1. The zero-order chi connectivity index (χ0) is 22.2. The predicted octanol–water partition coefficient (Wildman–Crippen LogP) is 6.51. The second-order valence-electron chi connectivity index (χ2n) is 7.18. The molecule has 0 amide bonds.